The Hall–Kier alpha value is -4.59. The molecule has 8 nitrogen and oxygen atoms in total. The largest absolute Gasteiger partial charge is 0.497 e. The monoisotopic (exact) mass is 468 g/mol. The minimum Gasteiger partial charge on any atom is -0.497 e. The Bertz CT molecular complexity index is 1620. The van der Waals surface area contributed by atoms with Gasteiger partial charge >= 0.3 is 5.69 Å². The van der Waals surface area contributed by atoms with Crippen LogP contribution in [0.5, 0.6) is 11.5 Å². The number of imidazole rings is 1. The molecule has 0 aliphatic heterocycles. The van der Waals surface area contributed by atoms with Gasteiger partial charge in [0.15, 0.2) is 11.2 Å². The van der Waals surface area contributed by atoms with E-state index in [4.69, 9.17) is 9.47 Å². The Morgan fingerprint density at radius 3 is 2.20 bits per heavy atom. The average Bonchev–Trinajstić information content (AvgIpc) is 3.30. The number of hydrogen-bond donors (Lipinski definition) is 0. The molecule has 0 bridgehead atoms. The Morgan fingerprint density at radius 1 is 0.771 bits per heavy atom. The zero-order valence-corrected chi connectivity index (χ0v) is 19.4. The number of ether oxygens (including phenoxy) is 2. The summed E-state index contributed by atoms with van der Waals surface area (Å²) in [6.45, 7) is 0.535. The number of methoxy groups -OCH3 is 2. The normalized spacial score (nSPS) is 11.0. The molecule has 0 saturated heterocycles. The first-order chi connectivity index (χ1) is 17.1. The van der Waals surface area contributed by atoms with Crippen molar-refractivity contribution in [2.24, 2.45) is 0 Å². The highest BCUT2D eigenvalue weighted by molar-refractivity contribution is 5.72. The van der Waals surface area contributed by atoms with Gasteiger partial charge in [0.25, 0.3) is 5.56 Å². The molecule has 5 aromatic rings. The molecule has 0 N–H and O–H groups in total. The van der Waals surface area contributed by atoms with E-state index in [1.54, 1.807) is 49.4 Å². The topological polar surface area (TPSA) is 80.3 Å². The highest BCUT2D eigenvalue weighted by Gasteiger charge is 2.20. The van der Waals surface area contributed by atoms with E-state index in [9.17, 15) is 9.59 Å². The lowest BCUT2D eigenvalue weighted by molar-refractivity contribution is 0.414. The van der Waals surface area contributed by atoms with Gasteiger partial charge in [-0.1, -0.05) is 48.5 Å². The second-order valence-corrected chi connectivity index (χ2v) is 8.09. The molecular weight excluding hydrogens is 444 g/mol. The van der Waals surface area contributed by atoms with Crippen molar-refractivity contribution in [1.82, 2.24) is 18.7 Å². The molecule has 0 amide bonds. The minimum atomic E-state index is -0.466. The lowest BCUT2D eigenvalue weighted by Gasteiger charge is -2.14. The van der Waals surface area contributed by atoms with E-state index >= 15 is 0 Å². The second-order valence-electron chi connectivity index (χ2n) is 8.09. The summed E-state index contributed by atoms with van der Waals surface area (Å²) in [5.74, 6) is 1.32. The van der Waals surface area contributed by atoms with Crippen LogP contribution in [0.1, 0.15) is 11.1 Å². The van der Waals surface area contributed by atoms with Crippen molar-refractivity contribution < 1.29 is 9.47 Å². The molecule has 0 fully saturated rings. The molecule has 8 heteroatoms. The van der Waals surface area contributed by atoms with Crippen molar-refractivity contribution in [3.63, 3.8) is 0 Å². The van der Waals surface area contributed by atoms with Crippen molar-refractivity contribution in [1.29, 1.82) is 0 Å². The Balaban J connectivity index is 1.75. The lowest BCUT2D eigenvalue weighted by atomic mass is 10.2. The van der Waals surface area contributed by atoms with Crippen molar-refractivity contribution in [2.75, 3.05) is 14.2 Å². The molecule has 2 aromatic heterocycles. The number of benzene rings is 3. The van der Waals surface area contributed by atoms with Crippen molar-refractivity contribution in [2.45, 2.75) is 13.1 Å². The molecule has 0 aliphatic carbocycles. The number of aromatic nitrogens is 4. The van der Waals surface area contributed by atoms with Gasteiger partial charge in [-0.25, -0.2) is 14.3 Å². The second kappa shape index (κ2) is 9.34. The predicted molar refractivity (Wildman–Crippen MR) is 134 cm³/mol. The van der Waals surface area contributed by atoms with Crippen LogP contribution in [-0.2, 0) is 13.1 Å². The summed E-state index contributed by atoms with van der Waals surface area (Å²) in [6, 6.07) is 24.2. The van der Waals surface area contributed by atoms with E-state index in [-0.39, 0.29) is 6.54 Å². The summed E-state index contributed by atoms with van der Waals surface area (Å²) in [5.41, 5.74) is 2.12. The molecule has 0 spiro atoms. The maximum Gasteiger partial charge on any atom is 0.337 e. The third-order valence-electron chi connectivity index (χ3n) is 5.88. The van der Waals surface area contributed by atoms with E-state index in [2.05, 4.69) is 4.98 Å². The van der Waals surface area contributed by atoms with Gasteiger partial charge in [0.05, 0.1) is 32.8 Å². The van der Waals surface area contributed by atoms with Crippen molar-refractivity contribution in [3.8, 4) is 17.2 Å². The van der Waals surface area contributed by atoms with Crippen LogP contribution in [0.3, 0.4) is 0 Å². The summed E-state index contributed by atoms with van der Waals surface area (Å²) in [5, 5.41) is 0. The molecule has 0 saturated carbocycles. The number of fused-ring (bicyclic) bond motifs is 1. The zero-order valence-electron chi connectivity index (χ0n) is 19.4. The molecule has 176 valence electrons. The summed E-state index contributed by atoms with van der Waals surface area (Å²) in [4.78, 5) is 31.9. The van der Waals surface area contributed by atoms with Gasteiger partial charge in [0.2, 0.25) is 0 Å². The van der Waals surface area contributed by atoms with Gasteiger partial charge in [-0.15, -0.1) is 0 Å². The van der Waals surface area contributed by atoms with Gasteiger partial charge in [-0.05, 0) is 35.4 Å². The van der Waals surface area contributed by atoms with E-state index in [1.165, 1.54) is 9.13 Å². The fraction of sp³-hybridized carbons (Fsp3) is 0.148. The fourth-order valence-corrected chi connectivity index (χ4v) is 4.15. The molecule has 35 heavy (non-hydrogen) atoms. The minimum absolute atomic E-state index is 0.142. The van der Waals surface area contributed by atoms with Crippen LogP contribution in [0.25, 0.3) is 16.9 Å². The van der Waals surface area contributed by atoms with E-state index in [1.807, 2.05) is 54.6 Å². The average molecular weight is 469 g/mol. The zero-order chi connectivity index (χ0) is 24.4. The molecule has 5 rings (SSSR count). The van der Waals surface area contributed by atoms with Crippen LogP contribution in [0.15, 0.2) is 94.8 Å². The Kier molecular flexibility index (Phi) is 5.93. The summed E-state index contributed by atoms with van der Waals surface area (Å²) in [6.07, 6.45) is 1.59. The van der Waals surface area contributed by atoms with Crippen LogP contribution >= 0.6 is 0 Å². The Labute approximate surface area is 201 Å². The van der Waals surface area contributed by atoms with Crippen LogP contribution in [0.4, 0.5) is 0 Å². The van der Waals surface area contributed by atoms with E-state index in [0.29, 0.717) is 29.1 Å². The number of hydrogen-bond acceptors (Lipinski definition) is 5. The van der Waals surface area contributed by atoms with Crippen LogP contribution < -0.4 is 20.7 Å². The predicted octanol–water partition coefficient (Wildman–Crippen LogP) is 3.46. The van der Waals surface area contributed by atoms with E-state index in [0.717, 1.165) is 16.9 Å². The molecule has 0 aliphatic rings. The molecule has 0 atom stereocenters. The Morgan fingerprint density at radius 2 is 1.46 bits per heavy atom. The molecule has 2 heterocycles. The summed E-state index contributed by atoms with van der Waals surface area (Å²) >= 11 is 0. The summed E-state index contributed by atoms with van der Waals surface area (Å²) in [7, 11) is 3.18. The third kappa shape index (κ3) is 4.21. The lowest BCUT2D eigenvalue weighted by Crippen LogP contribution is -2.40. The van der Waals surface area contributed by atoms with Crippen molar-refractivity contribution >= 4 is 11.2 Å². The first kappa shape index (κ1) is 22.2. The van der Waals surface area contributed by atoms with Crippen molar-refractivity contribution in [3.05, 3.63) is 117 Å². The number of nitrogens with zero attached hydrogens (tertiary/aromatic N) is 4. The van der Waals surface area contributed by atoms with Gasteiger partial charge in [-0.3, -0.25) is 9.36 Å². The van der Waals surface area contributed by atoms with Gasteiger partial charge < -0.3 is 14.0 Å². The maximum atomic E-state index is 13.7. The van der Waals surface area contributed by atoms with Gasteiger partial charge in [0.1, 0.15) is 11.5 Å². The van der Waals surface area contributed by atoms with Crippen LogP contribution in [0, 0.1) is 0 Å². The molecular formula is C27H24N4O4. The third-order valence-corrected chi connectivity index (χ3v) is 5.88. The number of rotatable bonds is 7. The standard InChI is InChI=1S/C27H24N4O4/c1-34-22-12-6-10-20(14-22)16-29-18-28-25-24(29)26(32)30(17-19-8-4-3-5-9-19)27(33)31(25)21-11-7-13-23(15-21)35-2/h3-15,18H,16-17H2,1-2H3. The first-order valence-corrected chi connectivity index (χ1v) is 11.1. The quantitative estimate of drug-likeness (QED) is 0.366. The SMILES string of the molecule is COc1cccc(Cn2cnc3c2c(=O)n(Cc2ccccc2)c(=O)n3-c2cccc(OC)c2)c1. The van der Waals surface area contributed by atoms with Gasteiger partial charge in [-0.2, -0.15) is 0 Å². The molecule has 3 aromatic carbocycles. The van der Waals surface area contributed by atoms with Crippen LogP contribution in [-0.4, -0.2) is 32.9 Å². The smallest absolute Gasteiger partial charge is 0.337 e. The summed E-state index contributed by atoms with van der Waals surface area (Å²) < 4.78 is 15.2. The highest BCUT2D eigenvalue weighted by atomic mass is 16.5. The molecule has 0 radical (unpaired) electrons. The highest BCUT2D eigenvalue weighted by Crippen LogP contribution is 2.20. The fourth-order valence-electron chi connectivity index (χ4n) is 4.15. The van der Waals surface area contributed by atoms with Gasteiger partial charge in [0, 0.05) is 12.6 Å². The molecule has 0 unspecified atom stereocenters. The first-order valence-electron chi connectivity index (χ1n) is 11.1. The maximum absolute atomic E-state index is 13.7. The van der Waals surface area contributed by atoms with E-state index < -0.39 is 11.2 Å². The van der Waals surface area contributed by atoms with Crippen LogP contribution in [0.2, 0.25) is 0 Å².